The van der Waals surface area contributed by atoms with Crippen molar-refractivity contribution in [1.82, 2.24) is 0 Å². The Morgan fingerprint density at radius 3 is 2.94 bits per heavy atom. The summed E-state index contributed by atoms with van der Waals surface area (Å²) in [5.41, 5.74) is 8.35. The molecule has 1 heterocycles. The smallest absolute Gasteiger partial charge is 0.0426 e. The Hall–Kier alpha value is -0.730. The molecule has 100 valence electrons. The van der Waals surface area contributed by atoms with Crippen molar-refractivity contribution in [2.75, 3.05) is 18.0 Å². The number of anilines is 1. The second kappa shape index (κ2) is 6.44. The number of nitrogens with two attached hydrogens (primary N) is 1. The first-order chi connectivity index (χ1) is 8.76. The molecule has 0 bridgehead atoms. The van der Waals surface area contributed by atoms with Crippen molar-refractivity contribution in [3.05, 3.63) is 28.8 Å². The molecule has 1 aliphatic heterocycles. The van der Waals surface area contributed by atoms with Crippen LogP contribution >= 0.6 is 11.6 Å². The van der Waals surface area contributed by atoms with Crippen molar-refractivity contribution in [2.45, 2.75) is 45.1 Å². The first-order valence-corrected chi connectivity index (χ1v) is 7.39. The third kappa shape index (κ3) is 2.99. The van der Waals surface area contributed by atoms with Gasteiger partial charge in [0.25, 0.3) is 0 Å². The second-order valence-corrected chi connectivity index (χ2v) is 5.50. The van der Waals surface area contributed by atoms with E-state index in [1.807, 2.05) is 6.07 Å². The molecule has 1 fully saturated rings. The Balaban J connectivity index is 2.31. The zero-order chi connectivity index (χ0) is 13.0. The van der Waals surface area contributed by atoms with Crippen molar-refractivity contribution >= 4 is 17.3 Å². The van der Waals surface area contributed by atoms with Gasteiger partial charge in [-0.2, -0.15) is 0 Å². The molecule has 1 atom stereocenters. The van der Waals surface area contributed by atoms with Crippen molar-refractivity contribution in [3.8, 4) is 0 Å². The number of halogens is 1. The van der Waals surface area contributed by atoms with Gasteiger partial charge in [-0.05, 0) is 56.3 Å². The maximum Gasteiger partial charge on any atom is 0.0426 e. The number of hydrogen-bond acceptors (Lipinski definition) is 2. The van der Waals surface area contributed by atoms with E-state index in [2.05, 4.69) is 24.0 Å². The standard InChI is InChI=1S/C15H23ClN2/c1-2-14-5-3-4-10-18(14)15-11-13(16)7-6-12(15)8-9-17/h6-7,11,14H,2-5,8-10,17H2,1H3. The van der Waals surface area contributed by atoms with Crippen molar-refractivity contribution in [3.63, 3.8) is 0 Å². The Morgan fingerprint density at radius 2 is 2.22 bits per heavy atom. The summed E-state index contributed by atoms with van der Waals surface area (Å²) in [7, 11) is 0. The summed E-state index contributed by atoms with van der Waals surface area (Å²) >= 11 is 6.17. The highest BCUT2D eigenvalue weighted by Gasteiger charge is 2.22. The first-order valence-electron chi connectivity index (χ1n) is 7.01. The number of benzene rings is 1. The lowest BCUT2D eigenvalue weighted by molar-refractivity contribution is 0.449. The van der Waals surface area contributed by atoms with Crippen LogP contribution in [0.25, 0.3) is 0 Å². The van der Waals surface area contributed by atoms with Gasteiger partial charge in [-0.3, -0.25) is 0 Å². The molecule has 1 unspecified atom stereocenters. The molecule has 0 saturated carbocycles. The second-order valence-electron chi connectivity index (χ2n) is 5.06. The molecular weight excluding hydrogens is 244 g/mol. The van der Waals surface area contributed by atoms with Crippen molar-refractivity contribution in [2.24, 2.45) is 5.73 Å². The monoisotopic (exact) mass is 266 g/mol. The van der Waals surface area contributed by atoms with Crippen molar-refractivity contribution < 1.29 is 0 Å². The number of nitrogens with zero attached hydrogens (tertiary/aromatic N) is 1. The SMILES string of the molecule is CCC1CCCCN1c1cc(Cl)ccc1CCN. The minimum Gasteiger partial charge on any atom is -0.368 e. The van der Waals surface area contributed by atoms with Gasteiger partial charge in [0.2, 0.25) is 0 Å². The van der Waals surface area contributed by atoms with Crippen LogP contribution in [0.1, 0.15) is 38.2 Å². The van der Waals surface area contributed by atoms with Crippen LogP contribution in [-0.2, 0) is 6.42 Å². The van der Waals surface area contributed by atoms with Gasteiger partial charge in [-0.25, -0.2) is 0 Å². The van der Waals surface area contributed by atoms with Crippen LogP contribution < -0.4 is 10.6 Å². The lowest BCUT2D eigenvalue weighted by Crippen LogP contribution is -2.39. The van der Waals surface area contributed by atoms with Crippen LogP contribution in [0.3, 0.4) is 0 Å². The highest BCUT2D eigenvalue weighted by molar-refractivity contribution is 6.30. The van der Waals surface area contributed by atoms with Gasteiger partial charge >= 0.3 is 0 Å². The quantitative estimate of drug-likeness (QED) is 0.902. The topological polar surface area (TPSA) is 29.3 Å². The van der Waals surface area contributed by atoms with Gasteiger partial charge in [0.1, 0.15) is 0 Å². The average molecular weight is 267 g/mol. The molecule has 0 spiro atoms. The summed E-state index contributed by atoms with van der Waals surface area (Å²) in [5.74, 6) is 0. The first kappa shape index (κ1) is 13.7. The molecule has 0 amide bonds. The molecule has 0 aromatic heterocycles. The third-order valence-electron chi connectivity index (χ3n) is 3.87. The van der Waals surface area contributed by atoms with E-state index in [1.54, 1.807) is 0 Å². The molecule has 1 aromatic rings. The molecule has 1 aromatic carbocycles. The highest BCUT2D eigenvalue weighted by Crippen LogP contribution is 2.31. The van der Waals surface area contributed by atoms with E-state index in [0.717, 1.165) is 18.0 Å². The lowest BCUT2D eigenvalue weighted by Gasteiger charge is -2.38. The van der Waals surface area contributed by atoms with Gasteiger partial charge in [0, 0.05) is 23.3 Å². The molecule has 2 nitrogen and oxygen atoms in total. The fourth-order valence-corrected chi connectivity index (χ4v) is 3.08. The Labute approximate surface area is 115 Å². The molecule has 2 rings (SSSR count). The van der Waals surface area contributed by atoms with E-state index in [4.69, 9.17) is 17.3 Å². The highest BCUT2D eigenvalue weighted by atomic mass is 35.5. The lowest BCUT2D eigenvalue weighted by atomic mass is 9.97. The van der Waals surface area contributed by atoms with E-state index in [9.17, 15) is 0 Å². The van der Waals surface area contributed by atoms with Gasteiger partial charge in [0.05, 0.1) is 0 Å². The fourth-order valence-electron chi connectivity index (χ4n) is 2.91. The van der Waals surface area contributed by atoms with Gasteiger partial charge < -0.3 is 10.6 Å². The minimum atomic E-state index is 0.661. The van der Waals surface area contributed by atoms with Crippen LogP contribution in [0.5, 0.6) is 0 Å². The summed E-state index contributed by atoms with van der Waals surface area (Å²) in [6.07, 6.45) is 6.06. The summed E-state index contributed by atoms with van der Waals surface area (Å²) in [6.45, 7) is 4.12. The van der Waals surface area contributed by atoms with Gasteiger partial charge in [-0.1, -0.05) is 24.6 Å². The predicted octanol–water partition coefficient (Wildman–Crippen LogP) is 3.61. The molecule has 1 aliphatic rings. The van der Waals surface area contributed by atoms with E-state index in [-0.39, 0.29) is 0 Å². The van der Waals surface area contributed by atoms with E-state index in [1.165, 1.54) is 36.9 Å². The molecule has 0 radical (unpaired) electrons. The summed E-state index contributed by atoms with van der Waals surface area (Å²) in [5, 5.41) is 0.825. The summed E-state index contributed by atoms with van der Waals surface area (Å²) < 4.78 is 0. The Morgan fingerprint density at radius 1 is 1.39 bits per heavy atom. The fraction of sp³-hybridized carbons (Fsp3) is 0.600. The molecule has 2 N–H and O–H groups in total. The third-order valence-corrected chi connectivity index (χ3v) is 4.10. The average Bonchev–Trinajstić information content (AvgIpc) is 2.41. The predicted molar refractivity (Wildman–Crippen MR) is 79.5 cm³/mol. The normalized spacial score (nSPS) is 20.2. The molecular formula is C15H23ClN2. The Bertz CT molecular complexity index is 392. The number of hydrogen-bond donors (Lipinski definition) is 1. The van der Waals surface area contributed by atoms with Crippen LogP contribution in [-0.4, -0.2) is 19.1 Å². The van der Waals surface area contributed by atoms with Crippen LogP contribution in [0.4, 0.5) is 5.69 Å². The molecule has 3 heteroatoms. The molecule has 1 saturated heterocycles. The maximum absolute atomic E-state index is 6.17. The van der Waals surface area contributed by atoms with Gasteiger partial charge in [0.15, 0.2) is 0 Å². The number of rotatable bonds is 4. The largest absolute Gasteiger partial charge is 0.368 e. The number of piperidine rings is 1. The molecule has 0 aliphatic carbocycles. The maximum atomic E-state index is 6.17. The summed E-state index contributed by atoms with van der Waals surface area (Å²) in [4.78, 5) is 2.54. The van der Waals surface area contributed by atoms with Crippen LogP contribution in [0.15, 0.2) is 18.2 Å². The Kier molecular flexibility index (Phi) is 4.90. The van der Waals surface area contributed by atoms with E-state index >= 15 is 0 Å². The zero-order valence-corrected chi connectivity index (χ0v) is 11.9. The van der Waals surface area contributed by atoms with Crippen molar-refractivity contribution in [1.29, 1.82) is 0 Å². The minimum absolute atomic E-state index is 0.661. The van der Waals surface area contributed by atoms with E-state index in [0.29, 0.717) is 12.6 Å². The van der Waals surface area contributed by atoms with Crippen LogP contribution in [0.2, 0.25) is 5.02 Å². The zero-order valence-electron chi connectivity index (χ0n) is 11.2. The molecule has 18 heavy (non-hydrogen) atoms. The van der Waals surface area contributed by atoms with E-state index < -0.39 is 0 Å². The van der Waals surface area contributed by atoms with Crippen LogP contribution in [0, 0.1) is 0 Å². The van der Waals surface area contributed by atoms with Gasteiger partial charge in [-0.15, -0.1) is 0 Å². The summed E-state index contributed by atoms with van der Waals surface area (Å²) in [6, 6.07) is 6.88.